The number of hydrogen-bond acceptors (Lipinski definition) is 2. The van der Waals surface area contributed by atoms with Crippen LogP contribution >= 0.6 is 0 Å². The number of carbonyl (C=O) groups excluding carboxylic acids is 2. The second-order valence-electron chi connectivity index (χ2n) is 6.45. The van der Waals surface area contributed by atoms with E-state index in [2.05, 4.69) is 5.32 Å². The molecule has 0 aromatic heterocycles. The van der Waals surface area contributed by atoms with Gasteiger partial charge in [-0.3, -0.25) is 9.59 Å². The van der Waals surface area contributed by atoms with Crippen molar-refractivity contribution in [2.75, 3.05) is 18.0 Å². The summed E-state index contributed by atoms with van der Waals surface area (Å²) >= 11 is 0. The predicted molar refractivity (Wildman–Crippen MR) is 86.4 cm³/mol. The zero-order chi connectivity index (χ0) is 16.2. The van der Waals surface area contributed by atoms with E-state index in [9.17, 15) is 9.59 Å². The standard InChI is InChI=1S/C17H26N2O2/c1-12-7-8-15(11-13(12)2)19(14(3)20)10-9-18-16(21)17(4,5)6/h7-8,11H,9-10H2,1-6H3,(H,18,21). The molecular formula is C17H26N2O2. The van der Waals surface area contributed by atoms with Crippen molar-refractivity contribution in [3.05, 3.63) is 29.3 Å². The largest absolute Gasteiger partial charge is 0.354 e. The van der Waals surface area contributed by atoms with Crippen molar-refractivity contribution >= 4 is 17.5 Å². The van der Waals surface area contributed by atoms with Gasteiger partial charge in [-0.2, -0.15) is 0 Å². The first-order valence-corrected chi connectivity index (χ1v) is 7.26. The van der Waals surface area contributed by atoms with Gasteiger partial charge in [0.2, 0.25) is 11.8 Å². The van der Waals surface area contributed by atoms with Crippen LogP contribution in [0.2, 0.25) is 0 Å². The topological polar surface area (TPSA) is 49.4 Å². The highest BCUT2D eigenvalue weighted by atomic mass is 16.2. The van der Waals surface area contributed by atoms with Gasteiger partial charge in [0.15, 0.2) is 0 Å². The van der Waals surface area contributed by atoms with Crippen molar-refractivity contribution in [2.24, 2.45) is 5.41 Å². The number of carbonyl (C=O) groups is 2. The Morgan fingerprint density at radius 2 is 1.76 bits per heavy atom. The number of anilines is 1. The van der Waals surface area contributed by atoms with Crippen LogP contribution in [0.25, 0.3) is 0 Å². The molecule has 0 spiro atoms. The Bertz CT molecular complexity index is 530. The fraction of sp³-hybridized carbons (Fsp3) is 0.529. The van der Waals surface area contributed by atoms with Gasteiger partial charge in [0.05, 0.1) is 0 Å². The minimum absolute atomic E-state index is 0.00825. The third kappa shape index (κ3) is 4.88. The van der Waals surface area contributed by atoms with Gasteiger partial charge in [-0.25, -0.2) is 0 Å². The van der Waals surface area contributed by atoms with Crippen LogP contribution in [0.4, 0.5) is 5.69 Å². The van der Waals surface area contributed by atoms with Gasteiger partial charge in [0.25, 0.3) is 0 Å². The number of rotatable bonds is 4. The SMILES string of the molecule is CC(=O)N(CCNC(=O)C(C)(C)C)c1ccc(C)c(C)c1. The van der Waals surface area contributed by atoms with E-state index in [1.54, 1.807) is 11.8 Å². The van der Waals surface area contributed by atoms with E-state index in [0.29, 0.717) is 13.1 Å². The fourth-order valence-electron chi connectivity index (χ4n) is 1.91. The molecule has 0 unspecified atom stereocenters. The van der Waals surface area contributed by atoms with E-state index in [4.69, 9.17) is 0 Å². The number of hydrogen-bond donors (Lipinski definition) is 1. The van der Waals surface area contributed by atoms with Gasteiger partial charge >= 0.3 is 0 Å². The molecule has 1 aromatic carbocycles. The minimum atomic E-state index is -0.415. The number of nitrogens with zero attached hydrogens (tertiary/aromatic N) is 1. The quantitative estimate of drug-likeness (QED) is 0.927. The molecule has 1 aromatic rings. The van der Waals surface area contributed by atoms with Gasteiger partial charge in [-0.15, -0.1) is 0 Å². The highest BCUT2D eigenvalue weighted by Crippen LogP contribution is 2.19. The molecule has 0 atom stereocenters. The average molecular weight is 290 g/mol. The monoisotopic (exact) mass is 290 g/mol. The third-order valence-corrected chi connectivity index (χ3v) is 3.48. The van der Waals surface area contributed by atoms with E-state index >= 15 is 0 Å². The summed E-state index contributed by atoms with van der Waals surface area (Å²) in [6.45, 7) is 12.1. The van der Waals surface area contributed by atoms with Crippen molar-refractivity contribution in [2.45, 2.75) is 41.5 Å². The molecule has 0 aliphatic carbocycles. The second kappa shape index (κ2) is 6.74. The average Bonchev–Trinajstić information content (AvgIpc) is 2.36. The maximum Gasteiger partial charge on any atom is 0.225 e. The molecule has 2 amide bonds. The van der Waals surface area contributed by atoms with Crippen molar-refractivity contribution in [1.29, 1.82) is 0 Å². The van der Waals surface area contributed by atoms with E-state index in [0.717, 1.165) is 11.3 Å². The van der Waals surface area contributed by atoms with Crippen LogP contribution in [0, 0.1) is 19.3 Å². The molecule has 0 heterocycles. The summed E-state index contributed by atoms with van der Waals surface area (Å²) in [7, 11) is 0. The smallest absolute Gasteiger partial charge is 0.225 e. The molecule has 21 heavy (non-hydrogen) atoms. The van der Waals surface area contributed by atoms with Gasteiger partial charge in [-0.1, -0.05) is 26.8 Å². The van der Waals surface area contributed by atoms with Crippen LogP contribution in [0.15, 0.2) is 18.2 Å². The molecule has 0 aliphatic heterocycles. The summed E-state index contributed by atoms with van der Waals surface area (Å²) in [6.07, 6.45) is 0. The summed E-state index contributed by atoms with van der Waals surface area (Å²) in [5.74, 6) is -0.0330. The van der Waals surface area contributed by atoms with Gasteiger partial charge < -0.3 is 10.2 Å². The maximum absolute atomic E-state index is 11.8. The fourth-order valence-corrected chi connectivity index (χ4v) is 1.91. The van der Waals surface area contributed by atoms with Crippen LogP contribution in [0.5, 0.6) is 0 Å². The van der Waals surface area contributed by atoms with Crippen LogP contribution in [-0.2, 0) is 9.59 Å². The lowest BCUT2D eigenvalue weighted by Crippen LogP contribution is -2.41. The predicted octanol–water partition coefficient (Wildman–Crippen LogP) is 2.82. The Labute approximate surface area is 127 Å². The molecule has 0 radical (unpaired) electrons. The summed E-state index contributed by atoms with van der Waals surface area (Å²) < 4.78 is 0. The summed E-state index contributed by atoms with van der Waals surface area (Å²) in [4.78, 5) is 25.4. The lowest BCUT2D eigenvalue weighted by Gasteiger charge is -2.24. The van der Waals surface area contributed by atoms with Gasteiger partial charge in [0.1, 0.15) is 0 Å². The summed E-state index contributed by atoms with van der Waals surface area (Å²) in [5, 5.41) is 2.87. The Hall–Kier alpha value is -1.84. The molecule has 1 N–H and O–H groups in total. The van der Waals surface area contributed by atoms with Crippen LogP contribution < -0.4 is 10.2 Å². The minimum Gasteiger partial charge on any atom is -0.354 e. The first-order valence-electron chi connectivity index (χ1n) is 7.26. The molecule has 4 heteroatoms. The van der Waals surface area contributed by atoms with Crippen molar-refractivity contribution < 1.29 is 9.59 Å². The Morgan fingerprint density at radius 1 is 1.14 bits per heavy atom. The molecular weight excluding hydrogens is 264 g/mol. The molecule has 0 fully saturated rings. The summed E-state index contributed by atoms with van der Waals surface area (Å²) in [6, 6.07) is 5.95. The zero-order valence-electron chi connectivity index (χ0n) is 13.9. The van der Waals surface area contributed by atoms with Crippen molar-refractivity contribution in [3.63, 3.8) is 0 Å². The second-order valence-corrected chi connectivity index (χ2v) is 6.45. The Morgan fingerprint density at radius 3 is 2.24 bits per heavy atom. The third-order valence-electron chi connectivity index (χ3n) is 3.48. The van der Waals surface area contributed by atoms with Crippen LogP contribution in [0.1, 0.15) is 38.8 Å². The number of amides is 2. The van der Waals surface area contributed by atoms with E-state index < -0.39 is 5.41 Å². The Balaban J connectivity index is 2.73. The highest BCUT2D eigenvalue weighted by molar-refractivity contribution is 5.91. The molecule has 0 bridgehead atoms. The normalized spacial score (nSPS) is 11.1. The summed E-state index contributed by atoms with van der Waals surface area (Å²) in [5.41, 5.74) is 2.80. The van der Waals surface area contributed by atoms with Gasteiger partial charge in [-0.05, 0) is 37.1 Å². The van der Waals surface area contributed by atoms with Crippen LogP contribution in [0.3, 0.4) is 0 Å². The maximum atomic E-state index is 11.8. The molecule has 0 aliphatic rings. The lowest BCUT2D eigenvalue weighted by atomic mass is 9.96. The molecule has 0 saturated carbocycles. The Kier molecular flexibility index (Phi) is 5.53. The molecule has 116 valence electrons. The molecule has 4 nitrogen and oxygen atoms in total. The van der Waals surface area contributed by atoms with E-state index in [-0.39, 0.29) is 11.8 Å². The van der Waals surface area contributed by atoms with Crippen molar-refractivity contribution in [1.82, 2.24) is 5.32 Å². The number of benzene rings is 1. The van der Waals surface area contributed by atoms with E-state index in [1.807, 2.05) is 52.8 Å². The number of aryl methyl sites for hydroxylation is 2. The van der Waals surface area contributed by atoms with Gasteiger partial charge in [0, 0.05) is 31.1 Å². The molecule has 1 rings (SSSR count). The first-order chi connectivity index (χ1) is 9.62. The van der Waals surface area contributed by atoms with Crippen LogP contribution in [-0.4, -0.2) is 24.9 Å². The molecule has 0 saturated heterocycles. The lowest BCUT2D eigenvalue weighted by molar-refractivity contribution is -0.128. The highest BCUT2D eigenvalue weighted by Gasteiger charge is 2.21. The number of nitrogens with one attached hydrogen (secondary N) is 1. The first kappa shape index (κ1) is 17.2. The zero-order valence-corrected chi connectivity index (χ0v) is 13.9. The van der Waals surface area contributed by atoms with E-state index in [1.165, 1.54) is 5.56 Å². The van der Waals surface area contributed by atoms with Crippen molar-refractivity contribution in [3.8, 4) is 0 Å².